The van der Waals surface area contributed by atoms with E-state index in [0.717, 1.165) is 99.6 Å². The van der Waals surface area contributed by atoms with Crippen molar-refractivity contribution in [3.05, 3.63) is 198 Å². The van der Waals surface area contributed by atoms with Crippen molar-refractivity contribution in [1.29, 1.82) is 0 Å². The third kappa shape index (κ3) is 9.82. The van der Waals surface area contributed by atoms with Crippen molar-refractivity contribution in [3.63, 3.8) is 0 Å². The summed E-state index contributed by atoms with van der Waals surface area (Å²) >= 11 is 0. The van der Waals surface area contributed by atoms with E-state index in [9.17, 15) is 0 Å². The third-order valence-electron chi connectivity index (χ3n) is 15.8. The van der Waals surface area contributed by atoms with Gasteiger partial charge in [0.25, 0.3) is 0 Å². The van der Waals surface area contributed by atoms with Crippen molar-refractivity contribution in [2.24, 2.45) is 20.8 Å². The van der Waals surface area contributed by atoms with Gasteiger partial charge in [-0.3, -0.25) is 0 Å². The maximum absolute atomic E-state index is 6.37. The zero-order chi connectivity index (χ0) is 55.7. The van der Waals surface area contributed by atoms with Gasteiger partial charge >= 0.3 is 17.1 Å². The molecule has 0 aliphatic carbocycles. The molecule has 0 unspecified atom stereocenters. The molecule has 12 rings (SSSR count). The second-order valence-corrected chi connectivity index (χ2v) is 26.3. The molecule has 6 aromatic carbocycles. The molecule has 6 nitrogen and oxygen atoms in total. The summed E-state index contributed by atoms with van der Waals surface area (Å²) < 4.78 is 12.7. The van der Waals surface area contributed by atoms with Crippen molar-refractivity contribution in [3.8, 4) is 22.5 Å². The summed E-state index contributed by atoms with van der Waals surface area (Å²) in [6.45, 7) is 40.1. The molecule has 405 valence electrons. The molecule has 0 fully saturated rings. The number of fused-ring (bicyclic) bond motifs is 8. The van der Waals surface area contributed by atoms with Gasteiger partial charge in [-0.25, -0.2) is 9.98 Å². The Kier molecular flexibility index (Phi) is 13.7. The number of aryl methyl sites for hydroxylation is 6. The molecule has 0 atom stereocenters. The number of nitrogens with zero attached hydrogens (tertiary/aromatic N) is 4. The Labute approximate surface area is 476 Å². The van der Waals surface area contributed by atoms with Crippen LogP contribution in [0.5, 0.6) is 0 Å². The second-order valence-electron chi connectivity index (χ2n) is 26.3. The van der Waals surface area contributed by atoms with Crippen LogP contribution in [0.25, 0.3) is 89.3 Å². The minimum Gasteiger partial charge on any atom is -0.656 e. The zero-order valence-corrected chi connectivity index (χ0v) is 50.4. The van der Waals surface area contributed by atoms with E-state index in [1.807, 2.05) is 36.4 Å². The molecule has 2 aliphatic heterocycles. The predicted octanol–water partition coefficient (Wildman–Crippen LogP) is 16.6. The van der Waals surface area contributed by atoms with E-state index in [4.69, 9.17) is 28.8 Å². The Morgan fingerprint density at radius 3 is 1.06 bits per heavy atom. The van der Waals surface area contributed by atoms with Crippen LogP contribution in [0.2, 0.25) is 0 Å². The normalized spacial score (nSPS) is 14.8. The number of aromatic nitrogens is 2. The van der Waals surface area contributed by atoms with Crippen molar-refractivity contribution in [2.75, 3.05) is 0 Å². The maximum Gasteiger partial charge on any atom is 2.00 e. The summed E-state index contributed by atoms with van der Waals surface area (Å²) in [6.07, 6.45) is 4.33. The molecular formula is C72H74CuN4O2. The smallest absolute Gasteiger partial charge is 0.656 e. The summed E-state index contributed by atoms with van der Waals surface area (Å²) in [6, 6.07) is 39.0. The molecule has 0 saturated carbocycles. The predicted molar refractivity (Wildman–Crippen MR) is 327 cm³/mol. The first kappa shape index (κ1) is 55.1. The van der Waals surface area contributed by atoms with E-state index in [2.05, 4.69) is 210 Å². The van der Waals surface area contributed by atoms with Crippen LogP contribution in [0.15, 0.2) is 139 Å². The first-order valence-corrected chi connectivity index (χ1v) is 27.7. The molecule has 2 aliphatic rings. The van der Waals surface area contributed by atoms with Gasteiger partial charge in [0.1, 0.15) is 21.9 Å². The summed E-state index contributed by atoms with van der Waals surface area (Å²) in [5.74, 6) is 0. The quantitative estimate of drug-likeness (QED) is 0.165. The Bertz CT molecular complexity index is 4140. The molecule has 0 amide bonds. The van der Waals surface area contributed by atoms with Gasteiger partial charge in [0.05, 0.1) is 11.4 Å². The van der Waals surface area contributed by atoms with Gasteiger partial charge in [0.2, 0.25) is 0 Å². The average Bonchev–Trinajstić information content (AvgIpc) is 4.17. The van der Waals surface area contributed by atoms with E-state index >= 15 is 0 Å². The van der Waals surface area contributed by atoms with Crippen LogP contribution in [0.3, 0.4) is 0 Å². The minimum atomic E-state index is -0.147. The van der Waals surface area contributed by atoms with E-state index in [1.54, 1.807) is 0 Å². The first-order valence-electron chi connectivity index (χ1n) is 27.7. The molecule has 0 saturated heterocycles. The van der Waals surface area contributed by atoms with Crippen LogP contribution < -0.4 is 31.5 Å². The third-order valence-corrected chi connectivity index (χ3v) is 15.8. The van der Waals surface area contributed by atoms with Crippen LogP contribution >= 0.6 is 0 Å². The molecule has 0 bridgehead atoms. The largest absolute Gasteiger partial charge is 2.00 e. The van der Waals surface area contributed by atoms with Crippen LogP contribution in [-0.4, -0.2) is 0 Å². The number of rotatable bonds is 4. The SMILES string of the molecule is Cc1ccc2c(/C=C3\N=c4c(oc5ccccc45)=C3C(C)(C)C)[n-]c(-c3c(C)cc(C(C)(C)C)cc3C)c2c1.Cc1ccc2c(/C=C3\N=c4c(oc5ccccc45)=C3C(C)(C)C)[n-]c(-c3c(C)cc(C(C)(C)C)cc3C)c2c1.[Cu+2]. The van der Waals surface area contributed by atoms with E-state index < -0.39 is 0 Å². The van der Waals surface area contributed by atoms with Crippen molar-refractivity contribution >= 4 is 66.8 Å². The number of para-hydroxylation sites is 2. The minimum absolute atomic E-state index is 0. The van der Waals surface area contributed by atoms with Gasteiger partial charge in [-0.2, -0.15) is 0 Å². The van der Waals surface area contributed by atoms with Crippen LogP contribution in [0, 0.1) is 52.4 Å². The van der Waals surface area contributed by atoms with Gasteiger partial charge < -0.3 is 18.8 Å². The molecule has 0 spiro atoms. The summed E-state index contributed by atoms with van der Waals surface area (Å²) in [5, 5.41) is 8.65. The Balaban J connectivity index is 0.000000176. The van der Waals surface area contributed by atoms with Crippen LogP contribution in [0.4, 0.5) is 0 Å². The molecule has 10 aromatic rings. The fourth-order valence-electron chi connectivity index (χ4n) is 11.9. The van der Waals surface area contributed by atoms with E-state index in [1.165, 1.54) is 66.4 Å². The first-order chi connectivity index (χ1) is 36.6. The topological polar surface area (TPSA) is 79.2 Å². The van der Waals surface area contributed by atoms with Crippen molar-refractivity contribution < 1.29 is 25.9 Å². The summed E-state index contributed by atoms with van der Waals surface area (Å²) in [7, 11) is 0. The zero-order valence-electron chi connectivity index (χ0n) is 49.5. The van der Waals surface area contributed by atoms with Gasteiger partial charge in [-0.05, 0) is 154 Å². The van der Waals surface area contributed by atoms with Crippen molar-refractivity contribution in [1.82, 2.24) is 9.97 Å². The van der Waals surface area contributed by atoms with Gasteiger partial charge in [-0.15, -0.1) is 22.8 Å². The van der Waals surface area contributed by atoms with E-state index in [0.29, 0.717) is 0 Å². The average molecular weight is 1090 g/mol. The second kappa shape index (κ2) is 19.6. The monoisotopic (exact) mass is 1090 g/mol. The molecule has 6 heterocycles. The number of hydrogen-bond acceptors (Lipinski definition) is 4. The number of allylic oxidation sites excluding steroid dienone is 2. The van der Waals surface area contributed by atoms with E-state index in [-0.39, 0.29) is 38.7 Å². The van der Waals surface area contributed by atoms with Gasteiger partial charge in [0, 0.05) is 21.9 Å². The number of furan rings is 2. The molecule has 1 radical (unpaired) electrons. The molecular weight excluding hydrogens is 1020 g/mol. The molecule has 7 heteroatoms. The number of benzene rings is 6. The van der Waals surface area contributed by atoms with Crippen LogP contribution in [0.1, 0.15) is 139 Å². The summed E-state index contributed by atoms with van der Waals surface area (Å²) in [4.78, 5) is 21.0. The molecule has 0 N–H and O–H groups in total. The standard InChI is InChI=1S/2C36H37N2O.Cu/c2*1-20-14-15-24-26(16-20)32(30-21(2)17-23(18-22(30)3)35(4,5)6)37-27(24)19-28-31(36(7,8)9)34-33(38-28)25-12-10-11-13-29(25)39-34;/h2*10-19H,1-9H3;/q2*-1;+2/b2*28-19-;. The van der Waals surface area contributed by atoms with Crippen LogP contribution in [-0.2, 0) is 27.9 Å². The fourth-order valence-corrected chi connectivity index (χ4v) is 11.9. The Morgan fingerprint density at radius 2 is 0.734 bits per heavy atom. The molecule has 4 aromatic heterocycles. The van der Waals surface area contributed by atoms with Gasteiger partial charge in [-0.1, -0.05) is 191 Å². The maximum atomic E-state index is 6.37. The van der Waals surface area contributed by atoms with Crippen molar-refractivity contribution in [2.45, 2.75) is 135 Å². The number of hydrogen-bond donors (Lipinski definition) is 0. The molecule has 79 heavy (non-hydrogen) atoms. The fraction of sp³-hybridized carbons (Fsp3) is 0.306. The summed E-state index contributed by atoms with van der Waals surface area (Å²) in [5.41, 5.74) is 24.2. The van der Waals surface area contributed by atoms with Gasteiger partial charge in [0.15, 0.2) is 10.8 Å². The Morgan fingerprint density at radius 1 is 0.392 bits per heavy atom. The Hall–Kier alpha value is -7.18.